The van der Waals surface area contributed by atoms with Crippen LogP contribution in [-0.2, 0) is 11.8 Å². The lowest BCUT2D eigenvalue weighted by Gasteiger charge is -2.39. The molecule has 25 heavy (non-hydrogen) atoms. The van der Waals surface area contributed by atoms with Crippen molar-refractivity contribution < 1.29 is 0 Å². The first-order valence-electron chi connectivity index (χ1n) is 8.75. The van der Waals surface area contributed by atoms with Gasteiger partial charge in [-0.05, 0) is 49.5 Å². The van der Waals surface area contributed by atoms with Gasteiger partial charge in [-0.15, -0.1) is 0 Å². The highest BCUT2D eigenvalue weighted by molar-refractivity contribution is 5.92. The van der Waals surface area contributed by atoms with Crippen molar-refractivity contribution in [3.05, 3.63) is 59.7 Å². The van der Waals surface area contributed by atoms with Crippen molar-refractivity contribution in [2.24, 2.45) is 0 Å². The number of nitrogen functional groups attached to an aromatic ring is 2. The molecule has 1 fully saturated rings. The monoisotopic (exact) mass is 333 g/mol. The first-order chi connectivity index (χ1) is 12.2. The van der Waals surface area contributed by atoms with Crippen LogP contribution in [0.3, 0.4) is 0 Å². The van der Waals surface area contributed by atoms with Gasteiger partial charge in [-0.1, -0.05) is 42.5 Å². The number of nitrogens with two attached hydrogens (primary N) is 2. The summed E-state index contributed by atoms with van der Waals surface area (Å²) >= 11 is 0. The van der Waals surface area contributed by atoms with Gasteiger partial charge >= 0.3 is 0 Å². The molecule has 0 unspecified atom stereocenters. The molecule has 3 aromatic rings. The molecular formula is C20H23N5. The van der Waals surface area contributed by atoms with Gasteiger partial charge < -0.3 is 16.8 Å². The predicted molar refractivity (Wildman–Crippen MR) is 102 cm³/mol. The standard InChI is InChI=1S/C20H23N5/c21-18-17-14(5-4-8-16(17)24-19(22)25-18)13-20(9-11-23-12-10-20)15-6-2-1-3-7-15/h1-8,23H,9-13H2,(H4,21,22,24,25). The average Bonchev–Trinajstić information content (AvgIpc) is 2.63. The van der Waals surface area contributed by atoms with Crippen molar-refractivity contribution in [3.63, 3.8) is 0 Å². The molecule has 0 aliphatic carbocycles. The molecule has 2 aromatic carbocycles. The number of anilines is 2. The van der Waals surface area contributed by atoms with Gasteiger partial charge in [-0.3, -0.25) is 0 Å². The Bertz CT molecular complexity index is 885. The van der Waals surface area contributed by atoms with E-state index in [4.69, 9.17) is 11.5 Å². The number of fused-ring (bicyclic) bond motifs is 1. The largest absolute Gasteiger partial charge is 0.383 e. The Hall–Kier alpha value is -2.66. The zero-order valence-electron chi connectivity index (χ0n) is 14.2. The van der Waals surface area contributed by atoms with Crippen LogP contribution in [0.15, 0.2) is 48.5 Å². The van der Waals surface area contributed by atoms with Crippen molar-refractivity contribution >= 4 is 22.7 Å². The summed E-state index contributed by atoms with van der Waals surface area (Å²) in [6, 6.07) is 16.9. The molecule has 5 nitrogen and oxygen atoms in total. The van der Waals surface area contributed by atoms with Gasteiger partial charge in [0.25, 0.3) is 0 Å². The highest BCUT2D eigenvalue weighted by Gasteiger charge is 2.34. The summed E-state index contributed by atoms with van der Waals surface area (Å²) in [5, 5.41) is 4.42. The summed E-state index contributed by atoms with van der Waals surface area (Å²) in [6.07, 6.45) is 3.12. The van der Waals surface area contributed by atoms with Crippen LogP contribution in [0.4, 0.5) is 11.8 Å². The number of nitrogens with zero attached hydrogens (tertiary/aromatic N) is 2. The number of hydrogen-bond donors (Lipinski definition) is 3. The number of nitrogens with one attached hydrogen (secondary N) is 1. The normalized spacial score (nSPS) is 16.8. The molecule has 4 rings (SSSR count). The third-order valence-corrected chi connectivity index (χ3v) is 5.33. The SMILES string of the molecule is Nc1nc(N)c2c(CC3(c4ccccc4)CCNCC3)cccc2n1. The van der Waals surface area contributed by atoms with Gasteiger partial charge in [-0.2, -0.15) is 4.98 Å². The lowest BCUT2D eigenvalue weighted by atomic mass is 9.69. The highest BCUT2D eigenvalue weighted by atomic mass is 15.0. The van der Waals surface area contributed by atoms with Gasteiger partial charge in [0.2, 0.25) is 5.95 Å². The molecule has 1 aliphatic heterocycles. The minimum atomic E-state index is 0.106. The Balaban J connectivity index is 1.83. The molecule has 1 aliphatic rings. The highest BCUT2D eigenvalue weighted by Crippen LogP contribution is 2.39. The second-order valence-corrected chi connectivity index (χ2v) is 6.85. The third kappa shape index (κ3) is 2.91. The minimum absolute atomic E-state index is 0.106. The van der Waals surface area contributed by atoms with Gasteiger partial charge in [-0.25, -0.2) is 4.98 Å². The zero-order valence-corrected chi connectivity index (χ0v) is 14.2. The summed E-state index contributed by atoms with van der Waals surface area (Å²) in [5.74, 6) is 0.692. The fourth-order valence-electron chi connectivity index (χ4n) is 4.08. The molecule has 5 N–H and O–H groups in total. The molecule has 0 spiro atoms. The van der Waals surface area contributed by atoms with Gasteiger partial charge in [0.05, 0.1) is 5.52 Å². The second kappa shape index (κ2) is 6.33. The van der Waals surface area contributed by atoms with E-state index in [0.717, 1.165) is 43.3 Å². The summed E-state index contributed by atoms with van der Waals surface area (Å²) in [6.45, 7) is 2.05. The molecule has 2 heterocycles. The maximum atomic E-state index is 6.20. The number of hydrogen-bond acceptors (Lipinski definition) is 5. The summed E-state index contributed by atoms with van der Waals surface area (Å²) in [7, 11) is 0. The van der Waals surface area contributed by atoms with E-state index in [-0.39, 0.29) is 11.4 Å². The van der Waals surface area contributed by atoms with Gasteiger partial charge in [0.15, 0.2) is 0 Å². The van der Waals surface area contributed by atoms with Crippen molar-refractivity contribution in [2.75, 3.05) is 24.6 Å². The van der Waals surface area contributed by atoms with Crippen LogP contribution in [0.5, 0.6) is 0 Å². The topological polar surface area (TPSA) is 89.8 Å². The quantitative estimate of drug-likeness (QED) is 0.685. The van der Waals surface area contributed by atoms with Crippen LogP contribution in [-0.4, -0.2) is 23.1 Å². The van der Waals surface area contributed by atoms with Gasteiger partial charge in [0.1, 0.15) is 5.82 Å². The van der Waals surface area contributed by atoms with E-state index in [2.05, 4.69) is 51.7 Å². The van der Waals surface area contributed by atoms with Crippen LogP contribution < -0.4 is 16.8 Å². The van der Waals surface area contributed by atoms with Crippen LogP contribution in [0, 0.1) is 0 Å². The van der Waals surface area contributed by atoms with Crippen molar-refractivity contribution in [3.8, 4) is 0 Å². The first kappa shape index (κ1) is 15.8. The Morgan fingerprint density at radius 3 is 2.44 bits per heavy atom. The van der Waals surface area contributed by atoms with Crippen LogP contribution in [0.1, 0.15) is 24.0 Å². The molecule has 5 heteroatoms. The third-order valence-electron chi connectivity index (χ3n) is 5.33. The molecule has 0 saturated carbocycles. The molecule has 1 aromatic heterocycles. The lowest BCUT2D eigenvalue weighted by molar-refractivity contribution is 0.305. The molecule has 0 atom stereocenters. The Morgan fingerprint density at radius 2 is 1.68 bits per heavy atom. The van der Waals surface area contributed by atoms with Crippen LogP contribution in [0.25, 0.3) is 10.9 Å². The zero-order chi connectivity index (χ0) is 17.3. The number of aromatic nitrogens is 2. The smallest absolute Gasteiger partial charge is 0.222 e. The summed E-state index contributed by atoms with van der Waals surface area (Å²) < 4.78 is 0. The van der Waals surface area contributed by atoms with Crippen molar-refractivity contribution in [1.29, 1.82) is 0 Å². The number of benzene rings is 2. The first-order valence-corrected chi connectivity index (χ1v) is 8.75. The summed E-state index contributed by atoms with van der Waals surface area (Å²) in [4.78, 5) is 8.54. The van der Waals surface area contributed by atoms with Crippen molar-refractivity contribution in [1.82, 2.24) is 15.3 Å². The molecule has 0 bridgehead atoms. The van der Waals surface area contributed by atoms with E-state index in [1.807, 2.05) is 12.1 Å². The van der Waals surface area contributed by atoms with Crippen LogP contribution in [0.2, 0.25) is 0 Å². The maximum Gasteiger partial charge on any atom is 0.222 e. The van der Waals surface area contributed by atoms with E-state index < -0.39 is 0 Å². The average molecular weight is 333 g/mol. The maximum absolute atomic E-state index is 6.20. The molecule has 1 saturated heterocycles. The fraction of sp³-hybridized carbons (Fsp3) is 0.300. The molecule has 128 valence electrons. The van der Waals surface area contributed by atoms with Crippen LogP contribution >= 0.6 is 0 Å². The Morgan fingerprint density at radius 1 is 0.920 bits per heavy atom. The van der Waals surface area contributed by atoms with E-state index in [1.165, 1.54) is 11.1 Å². The van der Waals surface area contributed by atoms with E-state index in [0.29, 0.717) is 5.82 Å². The lowest BCUT2D eigenvalue weighted by Crippen LogP contribution is -2.41. The Labute approximate surface area is 147 Å². The van der Waals surface area contributed by atoms with E-state index >= 15 is 0 Å². The summed E-state index contributed by atoms with van der Waals surface area (Å²) in [5.41, 5.74) is 15.5. The Kier molecular flexibility index (Phi) is 4.01. The minimum Gasteiger partial charge on any atom is -0.383 e. The second-order valence-electron chi connectivity index (χ2n) is 6.85. The molecule has 0 amide bonds. The van der Waals surface area contributed by atoms with E-state index in [1.54, 1.807) is 0 Å². The predicted octanol–water partition coefficient (Wildman–Crippen LogP) is 2.66. The number of rotatable bonds is 3. The van der Waals surface area contributed by atoms with Crippen molar-refractivity contribution in [2.45, 2.75) is 24.7 Å². The number of piperidine rings is 1. The molecular weight excluding hydrogens is 310 g/mol. The van der Waals surface area contributed by atoms with E-state index in [9.17, 15) is 0 Å². The molecule has 0 radical (unpaired) electrons. The fourth-order valence-corrected chi connectivity index (χ4v) is 4.08. The van der Waals surface area contributed by atoms with Gasteiger partial charge in [0, 0.05) is 10.8 Å².